The fourth-order valence-corrected chi connectivity index (χ4v) is 3.03. The quantitative estimate of drug-likeness (QED) is 0.831. The summed E-state index contributed by atoms with van der Waals surface area (Å²) in [5.74, 6) is -0.699. The van der Waals surface area contributed by atoms with Crippen molar-refractivity contribution >= 4 is 29.2 Å². The van der Waals surface area contributed by atoms with E-state index in [2.05, 4.69) is 10.6 Å². The second-order valence-corrected chi connectivity index (χ2v) is 7.46. The third kappa shape index (κ3) is 3.47. The Morgan fingerprint density at radius 2 is 2.14 bits per heavy atom. The number of hydrogen-bond acceptors (Lipinski definition) is 4. The molecule has 1 fully saturated rings. The molecule has 0 unspecified atom stereocenters. The molecule has 2 N–H and O–H groups in total. The molecule has 4 amide bonds. The summed E-state index contributed by atoms with van der Waals surface area (Å²) >= 11 is 1.55. The van der Waals surface area contributed by atoms with E-state index in [-0.39, 0.29) is 29.8 Å². The van der Waals surface area contributed by atoms with Crippen LogP contribution in [0.1, 0.15) is 38.6 Å². The lowest BCUT2D eigenvalue weighted by molar-refractivity contribution is -0.133. The third-order valence-corrected chi connectivity index (χ3v) is 4.60. The van der Waals surface area contributed by atoms with Crippen LogP contribution in [0.5, 0.6) is 0 Å². The van der Waals surface area contributed by atoms with Crippen LogP contribution < -0.4 is 10.6 Å². The lowest BCUT2D eigenvalue weighted by Gasteiger charge is -2.24. The Morgan fingerprint density at radius 1 is 1.45 bits per heavy atom. The molecule has 0 bridgehead atoms. The van der Waals surface area contributed by atoms with E-state index in [1.54, 1.807) is 11.3 Å². The Labute approximate surface area is 133 Å². The molecule has 1 aromatic rings. The monoisotopic (exact) mass is 323 g/mol. The maximum absolute atomic E-state index is 12.3. The topological polar surface area (TPSA) is 78.5 Å². The van der Waals surface area contributed by atoms with Crippen LogP contribution in [0.3, 0.4) is 0 Å². The van der Waals surface area contributed by atoms with E-state index in [0.717, 1.165) is 9.78 Å². The molecule has 2 heterocycles. The van der Waals surface area contributed by atoms with Gasteiger partial charge in [-0.2, -0.15) is 0 Å². The fraction of sp³-hybridized carbons (Fsp3) is 0.533. The molecule has 2 atom stereocenters. The Bertz CT molecular complexity index is 577. The predicted octanol–water partition coefficient (Wildman–Crippen LogP) is 1.89. The first-order valence-electron chi connectivity index (χ1n) is 7.15. The van der Waals surface area contributed by atoms with Gasteiger partial charge in [0.05, 0.1) is 6.04 Å². The van der Waals surface area contributed by atoms with Crippen LogP contribution >= 0.6 is 11.3 Å². The van der Waals surface area contributed by atoms with Gasteiger partial charge in [-0.3, -0.25) is 14.5 Å². The Morgan fingerprint density at radius 3 is 2.64 bits per heavy atom. The summed E-state index contributed by atoms with van der Waals surface area (Å²) in [6, 6.07) is 2.59. The van der Waals surface area contributed by atoms with Crippen molar-refractivity contribution < 1.29 is 14.4 Å². The van der Waals surface area contributed by atoms with Gasteiger partial charge in [-0.05, 0) is 23.8 Å². The van der Waals surface area contributed by atoms with Crippen molar-refractivity contribution in [1.29, 1.82) is 0 Å². The minimum atomic E-state index is -0.595. The van der Waals surface area contributed by atoms with Gasteiger partial charge in [-0.25, -0.2) is 4.79 Å². The predicted molar refractivity (Wildman–Crippen MR) is 84.4 cm³/mol. The molecular weight excluding hydrogens is 302 g/mol. The van der Waals surface area contributed by atoms with Crippen molar-refractivity contribution in [2.24, 2.45) is 5.41 Å². The fourth-order valence-electron chi connectivity index (χ4n) is 2.30. The van der Waals surface area contributed by atoms with Crippen LogP contribution in [0.4, 0.5) is 4.79 Å². The number of imide groups is 1. The van der Waals surface area contributed by atoms with Crippen LogP contribution in [0, 0.1) is 5.41 Å². The van der Waals surface area contributed by atoms with Crippen LogP contribution in [0.25, 0.3) is 0 Å². The highest BCUT2D eigenvalue weighted by atomic mass is 32.1. The number of thiophene rings is 1. The van der Waals surface area contributed by atoms with Crippen molar-refractivity contribution in [3.8, 4) is 0 Å². The molecule has 0 saturated carbocycles. The molecular formula is C15H21N3O3S. The summed E-state index contributed by atoms with van der Waals surface area (Å²) in [5.41, 5.74) is -0.387. The van der Waals surface area contributed by atoms with Gasteiger partial charge in [0.25, 0.3) is 5.91 Å². The van der Waals surface area contributed by atoms with Crippen molar-refractivity contribution in [1.82, 2.24) is 15.5 Å². The van der Waals surface area contributed by atoms with E-state index in [4.69, 9.17) is 0 Å². The van der Waals surface area contributed by atoms with E-state index in [1.807, 2.05) is 45.2 Å². The van der Waals surface area contributed by atoms with E-state index in [9.17, 15) is 14.4 Å². The maximum Gasteiger partial charge on any atom is 0.325 e. The normalized spacial score (nSPS) is 20.0. The smallest absolute Gasteiger partial charge is 0.325 e. The lowest BCUT2D eigenvalue weighted by Crippen LogP contribution is -2.43. The number of carbonyl (C=O) groups excluding carboxylic acids is 3. The van der Waals surface area contributed by atoms with Crippen molar-refractivity contribution in [2.75, 3.05) is 6.54 Å². The van der Waals surface area contributed by atoms with Crippen LogP contribution in [0.2, 0.25) is 0 Å². The molecule has 0 aromatic carbocycles. The Balaban J connectivity index is 1.97. The molecule has 1 aliphatic rings. The minimum absolute atomic E-state index is 0.147. The molecule has 22 heavy (non-hydrogen) atoms. The number of carbonyl (C=O) groups is 3. The highest BCUT2D eigenvalue weighted by Gasteiger charge is 2.44. The minimum Gasteiger partial charge on any atom is -0.347 e. The SMILES string of the molecule is C[C@@H](NC(=O)CN1C(=O)N[C@@H](C(C)(C)C)C1=O)c1cccs1. The van der Waals surface area contributed by atoms with Gasteiger partial charge < -0.3 is 10.6 Å². The Hall–Kier alpha value is -1.89. The van der Waals surface area contributed by atoms with Crippen LogP contribution in [0.15, 0.2) is 17.5 Å². The number of urea groups is 1. The molecule has 0 radical (unpaired) electrons. The van der Waals surface area contributed by atoms with E-state index in [1.165, 1.54) is 0 Å². The number of rotatable bonds is 4. The first-order chi connectivity index (χ1) is 10.2. The average Bonchev–Trinajstić information content (AvgIpc) is 3.01. The maximum atomic E-state index is 12.3. The standard InChI is InChI=1S/C15H21N3O3S/c1-9(10-6-5-7-22-10)16-11(19)8-18-13(20)12(15(2,3)4)17-14(18)21/h5-7,9,12H,8H2,1-4H3,(H,16,19)(H,17,21)/t9-,12-/m1/s1. The first-order valence-corrected chi connectivity index (χ1v) is 8.02. The van der Waals surface area contributed by atoms with Crippen LogP contribution in [-0.2, 0) is 9.59 Å². The van der Waals surface area contributed by atoms with E-state index >= 15 is 0 Å². The number of amides is 4. The molecule has 6 nitrogen and oxygen atoms in total. The lowest BCUT2D eigenvalue weighted by atomic mass is 9.87. The summed E-state index contributed by atoms with van der Waals surface area (Å²) < 4.78 is 0. The molecule has 0 aliphatic carbocycles. The molecule has 120 valence electrons. The molecule has 2 rings (SSSR count). The number of nitrogens with one attached hydrogen (secondary N) is 2. The first kappa shape index (κ1) is 16.5. The summed E-state index contributed by atoms with van der Waals surface area (Å²) in [6.45, 7) is 7.23. The number of hydrogen-bond donors (Lipinski definition) is 2. The Kier molecular flexibility index (Phi) is 4.55. The molecule has 1 aromatic heterocycles. The van der Waals surface area contributed by atoms with Gasteiger partial charge in [0.15, 0.2) is 0 Å². The van der Waals surface area contributed by atoms with Gasteiger partial charge in [0.2, 0.25) is 5.91 Å². The summed E-state index contributed by atoms with van der Waals surface area (Å²) in [6.07, 6.45) is 0. The number of nitrogens with zero attached hydrogens (tertiary/aromatic N) is 1. The van der Waals surface area contributed by atoms with Gasteiger partial charge in [0.1, 0.15) is 12.6 Å². The van der Waals surface area contributed by atoms with Crippen molar-refractivity contribution in [2.45, 2.75) is 39.8 Å². The zero-order valence-electron chi connectivity index (χ0n) is 13.2. The zero-order valence-corrected chi connectivity index (χ0v) is 14.0. The summed E-state index contributed by atoms with van der Waals surface area (Å²) in [7, 11) is 0. The van der Waals surface area contributed by atoms with Gasteiger partial charge >= 0.3 is 6.03 Å². The largest absolute Gasteiger partial charge is 0.347 e. The average molecular weight is 323 g/mol. The summed E-state index contributed by atoms with van der Waals surface area (Å²) in [5, 5.41) is 7.37. The summed E-state index contributed by atoms with van der Waals surface area (Å²) in [4.78, 5) is 38.3. The third-order valence-electron chi connectivity index (χ3n) is 3.54. The highest BCUT2D eigenvalue weighted by molar-refractivity contribution is 7.10. The van der Waals surface area contributed by atoms with Gasteiger partial charge in [-0.1, -0.05) is 26.8 Å². The van der Waals surface area contributed by atoms with Crippen molar-refractivity contribution in [3.63, 3.8) is 0 Å². The van der Waals surface area contributed by atoms with Crippen LogP contribution in [-0.4, -0.2) is 35.3 Å². The van der Waals surface area contributed by atoms with E-state index in [0.29, 0.717) is 0 Å². The van der Waals surface area contributed by atoms with Crippen molar-refractivity contribution in [3.05, 3.63) is 22.4 Å². The second-order valence-electron chi connectivity index (χ2n) is 6.48. The molecule has 7 heteroatoms. The molecule has 0 spiro atoms. The van der Waals surface area contributed by atoms with E-state index < -0.39 is 12.1 Å². The molecule has 1 aliphatic heterocycles. The van der Waals surface area contributed by atoms with Gasteiger partial charge in [-0.15, -0.1) is 11.3 Å². The molecule has 1 saturated heterocycles. The highest BCUT2D eigenvalue weighted by Crippen LogP contribution is 2.25. The zero-order chi connectivity index (χ0) is 16.5. The van der Waals surface area contributed by atoms with Gasteiger partial charge in [0, 0.05) is 4.88 Å². The second kappa shape index (κ2) is 6.08.